The van der Waals surface area contributed by atoms with E-state index in [0.29, 0.717) is 12.2 Å². The van der Waals surface area contributed by atoms with Gasteiger partial charge in [-0.2, -0.15) is 11.8 Å². The summed E-state index contributed by atoms with van der Waals surface area (Å²) in [7, 11) is 0. The highest BCUT2D eigenvalue weighted by Crippen LogP contribution is 2.15. The second-order valence-electron chi connectivity index (χ2n) is 3.46. The van der Waals surface area contributed by atoms with Crippen LogP contribution in [0.5, 0.6) is 0 Å². The highest BCUT2D eigenvalue weighted by molar-refractivity contribution is 7.99. The van der Waals surface area contributed by atoms with Gasteiger partial charge in [-0.3, -0.25) is 4.79 Å². The summed E-state index contributed by atoms with van der Waals surface area (Å²) >= 11 is 1.90. The molecule has 0 unspecified atom stereocenters. The van der Waals surface area contributed by atoms with Crippen molar-refractivity contribution in [3.63, 3.8) is 0 Å². The number of allylic oxidation sites excluding steroid dienone is 4. The van der Waals surface area contributed by atoms with Crippen molar-refractivity contribution >= 4 is 17.5 Å². The molecule has 0 saturated heterocycles. The van der Waals surface area contributed by atoms with Crippen LogP contribution < -0.4 is 0 Å². The van der Waals surface area contributed by atoms with Crippen LogP contribution in [0.4, 0.5) is 0 Å². The molecule has 1 aliphatic carbocycles. The molecule has 0 heterocycles. The summed E-state index contributed by atoms with van der Waals surface area (Å²) in [6.45, 7) is 2.20. The molecule has 0 aliphatic heterocycles. The monoisotopic (exact) mass is 210 g/mol. The van der Waals surface area contributed by atoms with Gasteiger partial charge in [-0.25, -0.2) is 0 Å². The van der Waals surface area contributed by atoms with Gasteiger partial charge >= 0.3 is 0 Å². The summed E-state index contributed by atoms with van der Waals surface area (Å²) in [5.74, 6) is 2.51. The Kier molecular flexibility index (Phi) is 5.69. The molecule has 0 bridgehead atoms. The van der Waals surface area contributed by atoms with E-state index < -0.39 is 0 Å². The van der Waals surface area contributed by atoms with E-state index in [1.165, 1.54) is 18.6 Å². The van der Waals surface area contributed by atoms with E-state index in [0.717, 1.165) is 17.7 Å². The molecule has 1 aliphatic rings. The fourth-order valence-corrected chi connectivity index (χ4v) is 2.35. The third-order valence-electron chi connectivity index (χ3n) is 2.25. The van der Waals surface area contributed by atoms with E-state index in [-0.39, 0.29) is 0 Å². The number of carbonyl (C=O) groups is 1. The molecule has 0 radical (unpaired) electrons. The first kappa shape index (κ1) is 11.6. The second-order valence-corrected chi connectivity index (χ2v) is 4.69. The zero-order valence-corrected chi connectivity index (χ0v) is 9.61. The molecular weight excluding hydrogens is 192 g/mol. The number of hydrogen-bond donors (Lipinski definition) is 0. The van der Waals surface area contributed by atoms with Crippen molar-refractivity contribution in [1.29, 1.82) is 0 Å². The van der Waals surface area contributed by atoms with E-state index >= 15 is 0 Å². The third kappa shape index (κ3) is 4.14. The highest BCUT2D eigenvalue weighted by Gasteiger charge is 2.09. The number of thioether (sulfide) groups is 1. The summed E-state index contributed by atoms with van der Waals surface area (Å²) in [6, 6.07) is 0. The van der Waals surface area contributed by atoms with Gasteiger partial charge in [-0.1, -0.05) is 31.6 Å². The molecule has 14 heavy (non-hydrogen) atoms. The maximum absolute atomic E-state index is 11.6. The lowest BCUT2D eigenvalue weighted by Crippen LogP contribution is -2.02. The molecule has 2 heteroatoms. The topological polar surface area (TPSA) is 17.1 Å². The normalized spacial score (nSPS) is 14.5. The number of hydrogen-bond acceptors (Lipinski definition) is 2. The van der Waals surface area contributed by atoms with Crippen LogP contribution in [-0.2, 0) is 4.79 Å². The molecule has 78 valence electrons. The van der Waals surface area contributed by atoms with Crippen molar-refractivity contribution in [3.8, 4) is 0 Å². The zero-order valence-electron chi connectivity index (χ0n) is 8.79. The standard InChI is InChI=1S/C12H18OS/c1-2-3-9-14-10-8-12(13)11-6-4-5-7-11/h4-6H,2-3,7-10H2,1H3. The van der Waals surface area contributed by atoms with Crippen molar-refractivity contribution in [2.75, 3.05) is 11.5 Å². The number of carbonyl (C=O) groups excluding carboxylic acids is 1. The quantitative estimate of drug-likeness (QED) is 0.599. The van der Waals surface area contributed by atoms with Gasteiger partial charge in [0.25, 0.3) is 0 Å². The Morgan fingerprint density at radius 2 is 2.36 bits per heavy atom. The van der Waals surface area contributed by atoms with Crippen LogP contribution in [0.15, 0.2) is 23.8 Å². The molecular formula is C12H18OS. The molecule has 0 amide bonds. The Bertz CT molecular complexity index is 241. The van der Waals surface area contributed by atoms with Gasteiger partial charge in [0.2, 0.25) is 0 Å². The van der Waals surface area contributed by atoms with E-state index in [4.69, 9.17) is 0 Å². The lowest BCUT2D eigenvalue weighted by Gasteiger charge is -2.01. The summed E-state index contributed by atoms with van der Waals surface area (Å²) in [4.78, 5) is 11.6. The van der Waals surface area contributed by atoms with Crippen molar-refractivity contribution < 1.29 is 4.79 Å². The van der Waals surface area contributed by atoms with Gasteiger partial charge in [0.15, 0.2) is 5.78 Å². The van der Waals surface area contributed by atoms with Crippen LogP contribution in [0, 0.1) is 0 Å². The minimum atomic E-state index is 0.332. The first-order valence-electron chi connectivity index (χ1n) is 5.31. The van der Waals surface area contributed by atoms with Crippen LogP contribution >= 0.6 is 11.8 Å². The highest BCUT2D eigenvalue weighted by atomic mass is 32.2. The van der Waals surface area contributed by atoms with E-state index in [1.807, 2.05) is 30.0 Å². The SMILES string of the molecule is CCCCSCCC(=O)C1=CC=CC1. The van der Waals surface area contributed by atoms with E-state index in [1.54, 1.807) is 0 Å². The second kappa shape index (κ2) is 6.88. The third-order valence-corrected chi connectivity index (χ3v) is 3.32. The molecule has 0 aromatic carbocycles. The van der Waals surface area contributed by atoms with Crippen LogP contribution in [0.3, 0.4) is 0 Å². The Hall–Kier alpha value is -0.500. The summed E-state index contributed by atoms with van der Waals surface area (Å²) in [5.41, 5.74) is 0.987. The molecule has 0 aromatic rings. The summed E-state index contributed by atoms with van der Waals surface area (Å²) < 4.78 is 0. The van der Waals surface area contributed by atoms with Gasteiger partial charge in [0, 0.05) is 12.2 Å². The molecule has 1 nitrogen and oxygen atoms in total. The number of rotatable bonds is 7. The number of unbranched alkanes of at least 4 members (excludes halogenated alkanes) is 1. The number of Topliss-reactive ketones (excluding diaryl/α,β-unsaturated/α-hetero) is 1. The molecule has 0 aromatic heterocycles. The van der Waals surface area contributed by atoms with Crippen molar-refractivity contribution in [1.82, 2.24) is 0 Å². The van der Waals surface area contributed by atoms with Gasteiger partial charge in [-0.05, 0) is 24.2 Å². The zero-order chi connectivity index (χ0) is 10.2. The predicted octanol–water partition coefficient (Wildman–Crippen LogP) is 3.37. The fourth-order valence-electron chi connectivity index (χ4n) is 1.33. The fraction of sp³-hybridized carbons (Fsp3) is 0.583. The largest absolute Gasteiger partial charge is 0.295 e. The molecule has 0 atom stereocenters. The van der Waals surface area contributed by atoms with E-state index in [2.05, 4.69) is 6.92 Å². The molecule has 0 fully saturated rings. The summed E-state index contributed by atoms with van der Waals surface area (Å²) in [6.07, 6.45) is 10.0. The van der Waals surface area contributed by atoms with Crippen LogP contribution in [0.1, 0.15) is 32.6 Å². The van der Waals surface area contributed by atoms with Gasteiger partial charge < -0.3 is 0 Å². The van der Waals surface area contributed by atoms with Gasteiger partial charge in [-0.15, -0.1) is 0 Å². The minimum absolute atomic E-state index is 0.332. The van der Waals surface area contributed by atoms with Crippen LogP contribution in [-0.4, -0.2) is 17.3 Å². The average molecular weight is 210 g/mol. The Morgan fingerprint density at radius 1 is 1.50 bits per heavy atom. The lowest BCUT2D eigenvalue weighted by atomic mass is 10.1. The Morgan fingerprint density at radius 3 is 3.00 bits per heavy atom. The summed E-state index contributed by atoms with van der Waals surface area (Å²) in [5, 5.41) is 0. The van der Waals surface area contributed by atoms with Gasteiger partial charge in [0.1, 0.15) is 0 Å². The maximum atomic E-state index is 11.6. The number of ketones is 1. The maximum Gasteiger partial charge on any atom is 0.159 e. The predicted molar refractivity (Wildman–Crippen MR) is 63.7 cm³/mol. The molecule has 1 rings (SSSR count). The first-order chi connectivity index (χ1) is 6.84. The lowest BCUT2D eigenvalue weighted by molar-refractivity contribution is -0.115. The van der Waals surface area contributed by atoms with E-state index in [9.17, 15) is 4.79 Å². The molecule has 0 N–H and O–H groups in total. The van der Waals surface area contributed by atoms with Crippen LogP contribution in [0.25, 0.3) is 0 Å². The Labute approximate surface area is 90.7 Å². The average Bonchev–Trinajstić information content (AvgIpc) is 2.70. The molecule has 0 spiro atoms. The van der Waals surface area contributed by atoms with Crippen LogP contribution in [0.2, 0.25) is 0 Å². The minimum Gasteiger partial charge on any atom is -0.295 e. The van der Waals surface area contributed by atoms with Crippen molar-refractivity contribution in [2.45, 2.75) is 32.6 Å². The Balaban J connectivity index is 2.04. The molecule has 0 saturated carbocycles. The van der Waals surface area contributed by atoms with Crippen molar-refractivity contribution in [2.24, 2.45) is 0 Å². The van der Waals surface area contributed by atoms with Crippen molar-refractivity contribution in [3.05, 3.63) is 23.8 Å². The van der Waals surface area contributed by atoms with Gasteiger partial charge in [0.05, 0.1) is 0 Å². The smallest absolute Gasteiger partial charge is 0.159 e. The first-order valence-corrected chi connectivity index (χ1v) is 6.46.